The average Bonchev–Trinajstić information content (AvgIpc) is 3.09. The third-order valence-corrected chi connectivity index (χ3v) is 5.83. The number of pyridine rings is 1. The van der Waals surface area contributed by atoms with Gasteiger partial charge in [-0.2, -0.15) is 0 Å². The zero-order chi connectivity index (χ0) is 22.5. The minimum absolute atomic E-state index is 0.0336. The quantitative estimate of drug-likeness (QED) is 0.428. The van der Waals surface area contributed by atoms with Crippen LogP contribution in [0.1, 0.15) is 36.1 Å². The lowest BCUT2D eigenvalue weighted by Gasteiger charge is -2.22. The van der Waals surface area contributed by atoms with Gasteiger partial charge in [-0.3, -0.25) is 9.78 Å². The van der Waals surface area contributed by atoms with Crippen molar-refractivity contribution >= 4 is 34.4 Å². The Bertz CT molecular complexity index is 980. The first-order valence-electron chi connectivity index (χ1n) is 10.0. The number of halogens is 1. The van der Waals surface area contributed by atoms with E-state index in [-0.39, 0.29) is 31.8 Å². The van der Waals surface area contributed by atoms with Crippen LogP contribution < -0.4 is 4.74 Å². The highest BCUT2D eigenvalue weighted by molar-refractivity contribution is 6.34. The molecule has 0 unspecified atom stereocenters. The molecule has 1 amide bonds. The van der Waals surface area contributed by atoms with E-state index in [9.17, 15) is 9.59 Å². The number of amides is 1. The van der Waals surface area contributed by atoms with Gasteiger partial charge in [0.2, 0.25) is 5.91 Å². The van der Waals surface area contributed by atoms with Gasteiger partial charge in [0.25, 0.3) is 0 Å². The van der Waals surface area contributed by atoms with Gasteiger partial charge in [0.15, 0.2) is 0 Å². The van der Waals surface area contributed by atoms with Gasteiger partial charge >= 0.3 is 5.97 Å². The predicted molar refractivity (Wildman–Crippen MR) is 115 cm³/mol. The molecule has 1 atom stereocenters. The molecule has 1 aromatic carbocycles. The van der Waals surface area contributed by atoms with Crippen molar-refractivity contribution in [2.75, 3.05) is 41.2 Å². The van der Waals surface area contributed by atoms with Crippen molar-refractivity contribution in [2.24, 2.45) is 0 Å². The zero-order valence-corrected chi connectivity index (χ0v) is 19.0. The Morgan fingerprint density at radius 2 is 1.97 bits per heavy atom. The maximum absolute atomic E-state index is 12.5. The molecule has 1 aliphatic heterocycles. The summed E-state index contributed by atoms with van der Waals surface area (Å²) in [6, 6.07) is 1.75. The van der Waals surface area contributed by atoms with Crippen LogP contribution in [0.2, 0.25) is 5.02 Å². The van der Waals surface area contributed by atoms with E-state index < -0.39 is 5.97 Å². The number of carbonyl (C=O) groups excluding carboxylic acids is 2. The number of methoxy groups -OCH3 is 3. The summed E-state index contributed by atoms with van der Waals surface area (Å²) in [6.07, 6.45) is 2.93. The van der Waals surface area contributed by atoms with Crippen LogP contribution in [0.15, 0.2) is 12.3 Å². The lowest BCUT2D eigenvalue weighted by molar-refractivity contribution is -0.148. The second-order valence-electron chi connectivity index (χ2n) is 7.35. The number of esters is 1. The van der Waals surface area contributed by atoms with Crippen molar-refractivity contribution < 1.29 is 28.5 Å². The van der Waals surface area contributed by atoms with Crippen LogP contribution in [0.5, 0.6) is 5.75 Å². The minimum atomic E-state index is -0.408. The Kier molecular flexibility index (Phi) is 7.69. The summed E-state index contributed by atoms with van der Waals surface area (Å²) in [4.78, 5) is 30.4. The number of rotatable bonds is 9. The average molecular weight is 451 g/mol. The zero-order valence-electron chi connectivity index (χ0n) is 18.2. The monoisotopic (exact) mass is 450 g/mol. The van der Waals surface area contributed by atoms with E-state index in [1.54, 1.807) is 18.2 Å². The number of nitrogens with zero attached hydrogens (tertiary/aromatic N) is 2. The van der Waals surface area contributed by atoms with Gasteiger partial charge in [0.1, 0.15) is 19.0 Å². The highest BCUT2D eigenvalue weighted by Crippen LogP contribution is 2.42. The van der Waals surface area contributed by atoms with Gasteiger partial charge < -0.3 is 23.8 Å². The van der Waals surface area contributed by atoms with Crippen LogP contribution in [0.25, 0.3) is 10.9 Å². The number of fused-ring (bicyclic) bond motifs is 3. The normalized spacial score (nSPS) is 15.3. The maximum Gasteiger partial charge on any atom is 0.332 e. The van der Waals surface area contributed by atoms with Crippen molar-refractivity contribution in [3.05, 3.63) is 34.0 Å². The van der Waals surface area contributed by atoms with Crippen molar-refractivity contribution in [1.82, 2.24) is 9.88 Å². The van der Waals surface area contributed by atoms with E-state index in [1.165, 1.54) is 14.2 Å². The van der Waals surface area contributed by atoms with Crippen LogP contribution >= 0.6 is 11.6 Å². The molecule has 8 nitrogen and oxygen atoms in total. The molecule has 0 aliphatic carbocycles. The number of hydrogen-bond acceptors (Lipinski definition) is 7. The molecular weight excluding hydrogens is 424 g/mol. The van der Waals surface area contributed by atoms with Crippen LogP contribution in [0.4, 0.5) is 0 Å². The first-order valence-corrected chi connectivity index (χ1v) is 10.4. The Morgan fingerprint density at radius 1 is 1.23 bits per heavy atom. The van der Waals surface area contributed by atoms with E-state index in [1.807, 2.05) is 13.0 Å². The van der Waals surface area contributed by atoms with Crippen LogP contribution in [-0.2, 0) is 36.8 Å². The summed E-state index contributed by atoms with van der Waals surface area (Å²) < 4.78 is 20.5. The van der Waals surface area contributed by atoms with E-state index >= 15 is 0 Å². The molecular formula is C22H27ClN2O6. The molecule has 0 fully saturated rings. The van der Waals surface area contributed by atoms with Crippen LogP contribution in [-0.4, -0.2) is 62.9 Å². The van der Waals surface area contributed by atoms with Gasteiger partial charge in [0, 0.05) is 37.9 Å². The third-order valence-electron chi connectivity index (χ3n) is 5.41. The molecule has 0 radical (unpaired) electrons. The molecule has 3 rings (SSSR count). The molecule has 2 aromatic rings. The minimum Gasteiger partial charge on any atom is -0.495 e. The van der Waals surface area contributed by atoms with Crippen molar-refractivity contribution in [1.29, 1.82) is 0 Å². The maximum atomic E-state index is 12.5. The molecule has 1 aromatic heterocycles. The van der Waals surface area contributed by atoms with Crippen molar-refractivity contribution in [3.8, 4) is 5.75 Å². The number of benzene rings is 1. The Hall–Kier alpha value is -2.42. The third kappa shape index (κ3) is 4.76. The number of aryl methyl sites for hydroxylation is 1. The van der Waals surface area contributed by atoms with E-state index in [2.05, 4.69) is 4.98 Å². The van der Waals surface area contributed by atoms with Crippen molar-refractivity contribution in [3.63, 3.8) is 0 Å². The number of ether oxygens (including phenoxy) is 4. The molecule has 2 heterocycles. The molecule has 9 heteroatoms. The molecule has 0 saturated carbocycles. The lowest BCUT2D eigenvalue weighted by atomic mass is 9.97. The standard InChI is InChI=1S/C22H27ClN2O6/c1-13-20-14(10-25(13)18(26)11-28-2)9-24-22-15(6-5-7-31-19(27)12-29-3)21(23)17(30-4)8-16(20)22/h8-9,13H,5-7,10-12H2,1-4H3/t13-/m0/s1. The van der Waals surface area contributed by atoms with Crippen LogP contribution in [0, 0.1) is 0 Å². The summed E-state index contributed by atoms with van der Waals surface area (Å²) in [5.41, 5.74) is 3.63. The van der Waals surface area contributed by atoms with Gasteiger partial charge in [-0.1, -0.05) is 11.6 Å². The summed E-state index contributed by atoms with van der Waals surface area (Å²) >= 11 is 6.61. The van der Waals surface area contributed by atoms with Gasteiger partial charge in [-0.25, -0.2) is 4.79 Å². The fourth-order valence-electron chi connectivity index (χ4n) is 3.99. The molecule has 0 saturated heterocycles. The Morgan fingerprint density at radius 3 is 2.65 bits per heavy atom. The highest BCUT2D eigenvalue weighted by atomic mass is 35.5. The summed E-state index contributed by atoms with van der Waals surface area (Å²) in [5.74, 6) is 0.0673. The number of aromatic nitrogens is 1. The van der Waals surface area contributed by atoms with Gasteiger partial charge in [-0.05, 0) is 37.0 Å². The summed E-state index contributed by atoms with van der Waals surface area (Å²) in [7, 11) is 4.52. The van der Waals surface area contributed by atoms with E-state index in [0.29, 0.717) is 30.2 Å². The fraction of sp³-hybridized carbons (Fsp3) is 0.500. The first-order chi connectivity index (χ1) is 14.9. The smallest absolute Gasteiger partial charge is 0.332 e. The molecule has 31 heavy (non-hydrogen) atoms. The van der Waals surface area contributed by atoms with Gasteiger partial charge in [0.05, 0.1) is 30.3 Å². The highest BCUT2D eigenvalue weighted by Gasteiger charge is 2.33. The second-order valence-corrected chi connectivity index (χ2v) is 7.73. The fourth-order valence-corrected chi connectivity index (χ4v) is 4.31. The van der Waals surface area contributed by atoms with Gasteiger partial charge in [-0.15, -0.1) is 0 Å². The number of hydrogen-bond donors (Lipinski definition) is 0. The molecule has 168 valence electrons. The SMILES string of the molecule is COCC(=O)OCCCc1c(Cl)c(OC)cc2c3c(cnc12)CN(C(=O)COC)[C@H]3C. The number of carbonyl (C=O) groups is 2. The Labute approximate surface area is 186 Å². The largest absolute Gasteiger partial charge is 0.495 e. The molecule has 1 aliphatic rings. The second kappa shape index (κ2) is 10.3. The van der Waals surface area contributed by atoms with E-state index in [0.717, 1.165) is 27.6 Å². The molecule has 0 bridgehead atoms. The topological polar surface area (TPSA) is 87.2 Å². The summed E-state index contributed by atoms with van der Waals surface area (Å²) in [5, 5.41) is 1.40. The first kappa shape index (κ1) is 23.2. The molecule has 0 spiro atoms. The van der Waals surface area contributed by atoms with E-state index in [4.69, 9.17) is 30.5 Å². The summed E-state index contributed by atoms with van der Waals surface area (Å²) in [6.45, 7) is 2.68. The molecule has 0 N–H and O–H groups in total. The van der Waals surface area contributed by atoms with Crippen molar-refractivity contribution in [2.45, 2.75) is 32.4 Å². The predicted octanol–water partition coefficient (Wildman–Crippen LogP) is 3.07. The van der Waals surface area contributed by atoms with Crippen LogP contribution in [0.3, 0.4) is 0 Å². The Balaban J connectivity index is 1.93. The lowest BCUT2D eigenvalue weighted by Crippen LogP contribution is -2.31.